The summed E-state index contributed by atoms with van der Waals surface area (Å²) in [5, 5.41) is 13.3. The van der Waals surface area contributed by atoms with Crippen LogP contribution in [0.4, 0.5) is 0 Å². The van der Waals surface area contributed by atoms with Crippen molar-refractivity contribution in [2.75, 3.05) is 6.61 Å². The third-order valence-electron chi connectivity index (χ3n) is 3.36. The van der Waals surface area contributed by atoms with E-state index in [0.29, 0.717) is 22.6 Å². The predicted octanol–water partition coefficient (Wildman–Crippen LogP) is 1.71. The van der Waals surface area contributed by atoms with E-state index in [9.17, 15) is 14.7 Å². The van der Waals surface area contributed by atoms with E-state index in [4.69, 9.17) is 4.74 Å². The number of hydrogen-bond acceptors (Lipinski definition) is 5. The van der Waals surface area contributed by atoms with E-state index < -0.39 is 17.9 Å². The van der Waals surface area contributed by atoms with Gasteiger partial charge in [0.05, 0.1) is 12.5 Å². The van der Waals surface area contributed by atoms with Gasteiger partial charge in [-0.15, -0.1) is 0 Å². The molecule has 0 bridgehead atoms. The fourth-order valence-corrected chi connectivity index (χ4v) is 2.36. The summed E-state index contributed by atoms with van der Waals surface area (Å²) in [6.45, 7) is 7.09. The molecule has 0 spiro atoms. The van der Waals surface area contributed by atoms with Crippen molar-refractivity contribution in [1.82, 2.24) is 14.6 Å². The highest BCUT2D eigenvalue weighted by Crippen LogP contribution is 2.24. The number of aromatic nitrogens is 3. The zero-order valence-electron chi connectivity index (χ0n) is 12.4. The van der Waals surface area contributed by atoms with Crippen molar-refractivity contribution in [2.24, 2.45) is 0 Å². The molecule has 1 unspecified atom stereocenters. The van der Waals surface area contributed by atoms with Crippen LogP contribution in [0, 0.1) is 13.8 Å². The molecule has 2 aromatic heterocycles. The van der Waals surface area contributed by atoms with E-state index in [1.54, 1.807) is 27.7 Å². The van der Waals surface area contributed by atoms with Gasteiger partial charge in [-0.3, -0.25) is 4.79 Å². The molecule has 1 atom stereocenters. The average molecular weight is 291 g/mol. The second-order valence-corrected chi connectivity index (χ2v) is 4.78. The van der Waals surface area contributed by atoms with Crippen molar-refractivity contribution < 1.29 is 19.4 Å². The van der Waals surface area contributed by atoms with Gasteiger partial charge in [-0.25, -0.2) is 14.3 Å². The monoisotopic (exact) mass is 291 g/mol. The van der Waals surface area contributed by atoms with Crippen molar-refractivity contribution in [3.8, 4) is 0 Å². The molecule has 0 aliphatic heterocycles. The second kappa shape index (κ2) is 5.51. The van der Waals surface area contributed by atoms with Crippen LogP contribution in [-0.4, -0.2) is 38.3 Å². The molecule has 7 nitrogen and oxygen atoms in total. The topological polar surface area (TPSA) is 93.8 Å². The Balaban J connectivity index is 2.61. The molecular weight excluding hydrogens is 274 g/mol. The van der Waals surface area contributed by atoms with Crippen molar-refractivity contribution >= 4 is 17.6 Å². The lowest BCUT2D eigenvalue weighted by molar-refractivity contribution is -0.138. The van der Waals surface area contributed by atoms with Gasteiger partial charge >= 0.3 is 11.9 Å². The third kappa shape index (κ3) is 2.58. The number of hydrogen-bond donors (Lipinski definition) is 1. The minimum Gasteiger partial charge on any atom is -0.481 e. The maximum Gasteiger partial charge on any atom is 0.358 e. The molecule has 0 aromatic carbocycles. The normalized spacial score (nSPS) is 12.4. The van der Waals surface area contributed by atoms with Crippen LogP contribution < -0.4 is 0 Å². The van der Waals surface area contributed by atoms with E-state index in [0.717, 1.165) is 0 Å². The number of carbonyl (C=O) groups is 2. The molecule has 2 rings (SSSR count). The summed E-state index contributed by atoms with van der Waals surface area (Å²) in [5.41, 5.74) is 2.53. The maximum atomic E-state index is 11.7. The zero-order valence-corrected chi connectivity index (χ0v) is 12.4. The lowest BCUT2D eigenvalue weighted by atomic mass is 9.98. The average Bonchev–Trinajstić information content (AvgIpc) is 2.82. The molecule has 1 N–H and O–H groups in total. The minimum absolute atomic E-state index is 0.159. The van der Waals surface area contributed by atoms with Gasteiger partial charge in [-0.05, 0) is 27.7 Å². The highest BCUT2D eigenvalue weighted by Gasteiger charge is 2.23. The number of aryl methyl sites for hydroxylation is 2. The Kier molecular flexibility index (Phi) is 3.93. The molecule has 21 heavy (non-hydrogen) atoms. The van der Waals surface area contributed by atoms with Crippen LogP contribution in [0.5, 0.6) is 0 Å². The molecule has 7 heteroatoms. The number of carboxylic acids is 1. The Morgan fingerprint density at radius 1 is 1.43 bits per heavy atom. The highest BCUT2D eigenvalue weighted by atomic mass is 16.5. The summed E-state index contributed by atoms with van der Waals surface area (Å²) in [4.78, 5) is 27.3. The highest BCUT2D eigenvalue weighted by molar-refractivity contribution is 5.88. The number of carbonyl (C=O) groups excluding carboxylic acids is 1. The van der Waals surface area contributed by atoms with Gasteiger partial charge in [-0.2, -0.15) is 5.10 Å². The fourth-order valence-electron chi connectivity index (χ4n) is 2.36. The van der Waals surface area contributed by atoms with Crippen molar-refractivity contribution in [3.05, 3.63) is 28.7 Å². The van der Waals surface area contributed by atoms with Gasteiger partial charge in [0.2, 0.25) is 0 Å². The standard InChI is InChI=1S/C14H17N3O4/c1-5-21-14(20)10-6-11-15-8(3)12(7(2)13(18)19)9(4)17(11)16-10/h6-7H,5H2,1-4H3,(H,18,19). The summed E-state index contributed by atoms with van der Waals surface area (Å²) in [6, 6.07) is 1.53. The zero-order chi connectivity index (χ0) is 15.7. The van der Waals surface area contributed by atoms with Crippen molar-refractivity contribution in [3.63, 3.8) is 0 Å². The molecule has 0 fully saturated rings. The first-order valence-electron chi connectivity index (χ1n) is 6.63. The van der Waals surface area contributed by atoms with E-state index in [1.807, 2.05) is 0 Å². The lowest BCUT2D eigenvalue weighted by Crippen LogP contribution is -2.15. The Bertz CT molecular complexity index is 721. The second-order valence-electron chi connectivity index (χ2n) is 4.78. The van der Waals surface area contributed by atoms with Crippen molar-refractivity contribution in [2.45, 2.75) is 33.6 Å². The van der Waals surface area contributed by atoms with Gasteiger partial charge in [0.25, 0.3) is 0 Å². The summed E-state index contributed by atoms with van der Waals surface area (Å²) in [5.74, 6) is -2.15. The minimum atomic E-state index is -0.930. The number of carboxylic acid groups (broad SMARTS) is 1. The van der Waals surface area contributed by atoms with Crippen molar-refractivity contribution in [1.29, 1.82) is 0 Å². The Morgan fingerprint density at radius 2 is 2.10 bits per heavy atom. The summed E-state index contributed by atoms with van der Waals surface area (Å²) in [6.07, 6.45) is 0. The van der Waals surface area contributed by atoms with Gasteiger partial charge in [0.1, 0.15) is 0 Å². The first-order chi connectivity index (χ1) is 9.86. The smallest absolute Gasteiger partial charge is 0.358 e. The lowest BCUT2D eigenvalue weighted by Gasteiger charge is -2.14. The summed E-state index contributed by atoms with van der Waals surface area (Å²) < 4.78 is 6.39. The summed E-state index contributed by atoms with van der Waals surface area (Å²) in [7, 11) is 0. The molecule has 0 radical (unpaired) electrons. The van der Waals surface area contributed by atoms with E-state index >= 15 is 0 Å². The molecular formula is C14H17N3O4. The molecule has 0 saturated carbocycles. The fraction of sp³-hybridized carbons (Fsp3) is 0.429. The molecule has 2 heterocycles. The van der Waals surface area contributed by atoms with Gasteiger partial charge in [-0.1, -0.05) is 0 Å². The number of ether oxygens (including phenoxy) is 1. The number of rotatable bonds is 4. The van der Waals surface area contributed by atoms with Gasteiger partial charge < -0.3 is 9.84 Å². The maximum absolute atomic E-state index is 11.7. The van der Waals surface area contributed by atoms with Crippen LogP contribution in [0.2, 0.25) is 0 Å². The quantitative estimate of drug-likeness (QED) is 0.862. The third-order valence-corrected chi connectivity index (χ3v) is 3.36. The Hall–Kier alpha value is -2.44. The SMILES string of the molecule is CCOC(=O)c1cc2nc(C)c(C(C)C(=O)O)c(C)n2n1. The van der Waals surface area contributed by atoms with E-state index in [1.165, 1.54) is 10.6 Å². The van der Waals surface area contributed by atoms with Gasteiger partial charge in [0, 0.05) is 23.0 Å². The Morgan fingerprint density at radius 3 is 2.67 bits per heavy atom. The number of fused-ring (bicyclic) bond motifs is 1. The van der Waals surface area contributed by atoms with Gasteiger partial charge in [0.15, 0.2) is 11.3 Å². The number of nitrogens with zero attached hydrogens (tertiary/aromatic N) is 3. The Labute approximate surface area is 121 Å². The first kappa shape index (κ1) is 15.0. The van der Waals surface area contributed by atoms with Crippen LogP contribution in [0.1, 0.15) is 47.2 Å². The van der Waals surface area contributed by atoms with Crippen LogP contribution >= 0.6 is 0 Å². The molecule has 112 valence electrons. The molecule has 0 amide bonds. The summed E-state index contributed by atoms with van der Waals surface area (Å²) >= 11 is 0. The van der Waals surface area contributed by atoms with Crippen LogP contribution in [-0.2, 0) is 9.53 Å². The van der Waals surface area contributed by atoms with Crippen LogP contribution in [0.3, 0.4) is 0 Å². The number of aliphatic carboxylic acids is 1. The molecule has 0 aliphatic carbocycles. The predicted molar refractivity (Wildman–Crippen MR) is 74.5 cm³/mol. The molecule has 0 aliphatic rings. The number of esters is 1. The van der Waals surface area contributed by atoms with Crippen LogP contribution in [0.25, 0.3) is 5.65 Å². The van der Waals surface area contributed by atoms with E-state index in [-0.39, 0.29) is 12.3 Å². The first-order valence-corrected chi connectivity index (χ1v) is 6.63. The molecule has 0 saturated heterocycles. The van der Waals surface area contributed by atoms with Crippen LogP contribution in [0.15, 0.2) is 6.07 Å². The largest absolute Gasteiger partial charge is 0.481 e. The van der Waals surface area contributed by atoms with E-state index in [2.05, 4.69) is 10.1 Å². The molecule has 2 aromatic rings.